The van der Waals surface area contributed by atoms with E-state index in [0.717, 1.165) is 0 Å². The van der Waals surface area contributed by atoms with Crippen LogP contribution in [0.1, 0.15) is 0 Å². The average Bonchev–Trinajstić information content (AvgIpc) is 0.811. The van der Waals surface area contributed by atoms with Crippen molar-refractivity contribution in [1.82, 2.24) is 0 Å². The Kier molecular flexibility index (Phi) is 14.3. The molecule has 0 N–H and O–H groups in total. The van der Waals surface area contributed by atoms with E-state index in [4.69, 9.17) is 19.2 Å². The molecule has 0 atom stereocenters. The molecule has 0 saturated heterocycles. The first-order chi connectivity index (χ1) is 1.73. The van der Waals surface area contributed by atoms with Gasteiger partial charge in [-0.3, -0.25) is 0 Å². The summed E-state index contributed by atoms with van der Waals surface area (Å²) in [5.74, 6) is 0. The fourth-order valence-electron chi connectivity index (χ4n) is 0. The van der Waals surface area contributed by atoms with Crippen molar-refractivity contribution in [2.45, 2.75) is 0 Å². The van der Waals surface area contributed by atoms with Crippen molar-refractivity contribution >= 4 is 38.0 Å². The molecule has 0 aliphatic carbocycles. The summed E-state index contributed by atoms with van der Waals surface area (Å²) in [5.41, 5.74) is 0. The third-order valence-electron chi connectivity index (χ3n) is 0. The zero-order valence-corrected chi connectivity index (χ0v) is 5.64. The van der Waals surface area contributed by atoms with Crippen LogP contribution in [-0.4, -0.2) is 18.9 Å². The molecule has 0 bridgehead atoms. The Morgan fingerprint density at radius 3 is 1.00 bits per heavy atom. The molecular weight excluding hydrogens is 278 g/mol. The van der Waals surface area contributed by atoms with Crippen LogP contribution < -0.4 is 0 Å². The van der Waals surface area contributed by atoms with Crippen molar-refractivity contribution in [2.75, 3.05) is 0 Å². The molecule has 0 aromatic heterocycles. The van der Waals surface area contributed by atoms with Crippen LogP contribution in [0.15, 0.2) is 0 Å². The summed E-state index contributed by atoms with van der Waals surface area (Å²) in [7, 11) is 0. The molecule has 0 fully saturated rings. The second-order valence-corrected chi connectivity index (χ2v) is 8.62. The molecule has 0 aromatic carbocycles. The monoisotopic (exact) mass is 278 g/mol. The van der Waals surface area contributed by atoms with Crippen LogP contribution in [0.5, 0.6) is 0 Å². The van der Waals surface area contributed by atoms with Crippen LogP contribution >= 0.6 is 19.2 Å². The minimum absolute atomic E-state index is 0. The van der Waals surface area contributed by atoms with Gasteiger partial charge >= 0.3 is 65.4 Å². The molecule has 34 valence electrons. The summed E-state index contributed by atoms with van der Waals surface area (Å²) in [6.45, 7) is 0. The normalized spacial score (nSPS) is 9.00. The van der Waals surface area contributed by atoms with Gasteiger partial charge in [0, 0.05) is 0 Å². The van der Waals surface area contributed by atoms with Gasteiger partial charge in [0.05, 0.1) is 0 Å². The first-order valence-electron chi connectivity index (χ1n) is 0.342. The van der Waals surface area contributed by atoms with Crippen molar-refractivity contribution < 1.29 is 27.4 Å². The molecule has 0 heterocycles. The predicted octanol–water partition coefficient (Wildman–Crippen LogP) is 1.42. The Bertz CT molecular complexity index is 11.6. The molecule has 0 spiro atoms. The second kappa shape index (κ2) is 6.73. The average molecular weight is 279 g/mol. The molecule has 0 aliphatic rings. The summed E-state index contributed by atoms with van der Waals surface area (Å²) >= 11 is -1.79. The summed E-state index contributed by atoms with van der Waals surface area (Å²) in [6, 6.07) is 0. The van der Waals surface area contributed by atoms with Crippen LogP contribution in [-0.2, 0) is 0 Å². The van der Waals surface area contributed by atoms with Crippen LogP contribution in [0.2, 0.25) is 0 Å². The van der Waals surface area contributed by atoms with Gasteiger partial charge in [0.2, 0.25) is 0 Å². The SMILES string of the molecule is [Cl][Ho]([Cl])[Cl].[LiH]. The molecular formula is HCl3HoLi. The van der Waals surface area contributed by atoms with E-state index in [9.17, 15) is 0 Å². The van der Waals surface area contributed by atoms with Gasteiger partial charge in [0.15, 0.2) is 0 Å². The molecule has 0 unspecified atom stereocenters. The van der Waals surface area contributed by atoms with Crippen molar-refractivity contribution in [2.24, 2.45) is 0 Å². The summed E-state index contributed by atoms with van der Waals surface area (Å²) in [4.78, 5) is 0. The van der Waals surface area contributed by atoms with Crippen molar-refractivity contribution in [3.8, 4) is 0 Å². The molecule has 5 heteroatoms. The molecule has 0 amide bonds. The van der Waals surface area contributed by atoms with Gasteiger partial charge in [0.1, 0.15) is 0 Å². The van der Waals surface area contributed by atoms with E-state index in [2.05, 4.69) is 0 Å². The molecule has 5 heavy (non-hydrogen) atoms. The van der Waals surface area contributed by atoms with Gasteiger partial charge in [0.25, 0.3) is 0 Å². The third-order valence-corrected chi connectivity index (χ3v) is 0. The fraction of sp³-hybridized carbons (Fsp3) is 0. The van der Waals surface area contributed by atoms with E-state index in [1.165, 1.54) is 0 Å². The maximum atomic E-state index is 4.95. The third kappa shape index (κ3) is 20.2. The van der Waals surface area contributed by atoms with Crippen molar-refractivity contribution in [3.05, 3.63) is 0 Å². The maximum absolute atomic E-state index is 4.95. The summed E-state index contributed by atoms with van der Waals surface area (Å²) in [5, 5.41) is 0. The predicted molar refractivity (Wildman–Crippen MR) is 24.7 cm³/mol. The van der Waals surface area contributed by atoms with E-state index in [-0.39, 0.29) is 18.9 Å². The van der Waals surface area contributed by atoms with E-state index in [0.29, 0.717) is 0 Å². The van der Waals surface area contributed by atoms with Crippen molar-refractivity contribution in [1.29, 1.82) is 0 Å². The Morgan fingerprint density at radius 1 is 1.00 bits per heavy atom. The second-order valence-electron chi connectivity index (χ2n) is 0.129. The van der Waals surface area contributed by atoms with Gasteiger partial charge in [-0.1, -0.05) is 0 Å². The van der Waals surface area contributed by atoms with Gasteiger partial charge in [-0.05, 0) is 0 Å². The Balaban J connectivity index is 0. The number of hydrogen-bond acceptors (Lipinski definition) is 0. The van der Waals surface area contributed by atoms with E-state index in [1.807, 2.05) is 0 Å². The number of halogens is 3. The summed E-state index contributed by atoms with van der Waals surface area (Å²) < 4.78 is 0. The number of hydrogen-bond donors (Lipinski definition) is 0. The molecule has 0 nitrogen and oxygen atoms in total. The Hall–Kier alpha value is 2.73. The zero-order chi connectivity index (χ0) is 3.58. The van der Waals surface area contributed by atoms with Crippen LogP contribution in [0.4, 0.5) is 0 Å². The van der Waals surface area contributed by atoms with E-state index >= 15 is 0 Å². The van der Waals surface area contributed by atoms with Gasteiger partial charge < -0.3 is 0 Å². The molecule has 0 rings (SSSR count). The fourth-order valence-corrected chi connectivity index (χ4v) is 0. The van der Waals surface area contributed by atoms with Gasteiger partial charge in [-0.2, -0.15) is 0 Å². The first kappa shape index (κ1) is 10.7. The van der Waals surface area contributed by atoms with Crippen LogP contribution in [0, 0.1) is 27.4 Å². The topological polar surface area (TPSA) is 0 Å². The van der Waals surface area contributed by atoms with Gasteiger partial charge in [-0.25, -0.2) is 0 Å². The Labute approximate surface area is 63.8 Å². The van der Waals surface area contributed by atoms with Crippen LogP contribution in [0.25, 0.3) is 0 Å². The Morgan fingerprint density at radius 2 is 1.00 bits per heavy atom. The number of rotatable bonds is 0. The summed E-state index contributed by atoms with van der Waals surface area (Å²) in [6.07, 6.45) is 14.9. The molecule has 0 radical (unpaired) electrons. The standard InChI is InChI=1S/3ClH.Ho.Li.H/h3*1H;;;/q;;;+3;;/p-3. The quantitative estimate of drug-likeness (QED) is 0.588. The van der Waals surface area contributed by atoms with E-state index < -0.39 is 27.4 Å². The van der Waals surface area contributed by atoms with Gasteiger partial charge in [-0.15, -0.1) is 0 Å². The zero-order valence-electron chi connectivity index (χ0n) is 1.44. The first-order valence-corrected chi connectivity index (χ1v) is 7.61. The minimum atomic E-state index is -1.79. The molecule has 0 aromatic rings. The molecule has 0 aliphatic heterocycles. The van der Waals surface area contributed by atoms with Crippen LogP contribution in [0.3, 0.4) is 0 Å². The molecule has 0 saturated carbocycles. The van der Waals surface area contributed by atoms with E-state index in [1.54, 1.807) is 0 Å². The van der Waals surface area contributed by atoms with Crippen molar-refractivity contribution in [3.63, 3.8) is 0 Å².